The highest BCUT2D eigenvalue weighted by Gasteiger charge is 1.96. The van der Waals surface area contributed by atoms with Gasteiger partial charge in [0.25, 0.3) is 5.56 Å². The van der Waals surface area contributed by atoms with E-state index in [1.165, 1.54) is 0 Å². The summed E-state index contributed by atoms with van der Waals surface area (Å²) in [4.78, 5) is 13.6. The van der Waals surface area contributed by atoms with Crippen LogP contribution in [0, 0.1) is 20.8 Å². The van der Waals surface area contributed by atoms with Gasteiger partial charge in [-0.1, -0.05) is 0 Å². The van der Waals surface area contributed by atoms with Crippen LogP contribution in [0.2, 0.25) is 0 Å². The first-order valence-electron chi connectivity index (χ1n) is 3.14. The lowest BCUT2D eigenvalue weighted by Crippen LogP contribution is -2.11. The van der Waals surface area contributed by atoms with Crippen LogP contribution in [-0.2, 0) is 0 Å². The van der Waals surface area contributed by atoms with Crippen LogP contribution in [0.5, 0.6) is 0 Å². The van der Waals surface area contributed by atoms with Gasteiger partial charge in [-0.05, 0) is 32.4 Å². The number of aryl methyl sites for hydroxylation is 2. The second-order valence-corrected chi connectivity index (χ2v) is 2.44. The molecule has 0 aliphatic carbocycles. The van der Waals surface area contributed by atoms with E-state index in [4.69, 9.17) is 0 Å². The van der Waals surface area contributed by atoms with Crippen LogP contribution in [0.3, 0.4) is 0 Å². The molecule has 0 saturated carbocycles. The fourth-order valence-corrected chi connectivity index (χ4v) is 0.882. The van der Waals surface area contributed by atoms with Gasteiger partial charge in [0, 0.05) is 11.3 Å². The Bertz CT molecular complexity index is 299. The van der Waals surface area contributed by atoms with E-state index in [1.807, 2.05) is 19.9 Å². The van der Waals surface area contributed by atoms with Gasteiger partial charge < -0.3 is 4.98 Å². The van der Waals surface area contributed by atoms with E-state index in [-0.39, 0.29) is 5.56 Å². The van der Waals surface area contributed by atoms with E-state index < -0.39 is 0 Å². The van der Waals surface area contributed by atoms with Crippen LogP contribution in [0.15, 0.2) is 10.9 Å². The zero-order valence-electron chi connectivity index (χ0n) is 6.19. The minimum absolute atomic E-state index is 0.0856. The van der Waals surface area contributed by atoms with Crippen LogP contribution in [-0.4, -0.2) is 4.98 Å². The molecule has 0 amide bonds. The van der Waals surface area contributed by atoms with Crippen molar-refractivity contribution >= 4 is 0 Å². The molecule has 0 spiro atoms. The molecule has 0 bridgehead atoms. The van der Waals surface area contributed by atoms with Crippen molar-refractivity contribution < 1.29 is 0 Å². The molecule has 0 fully saturated rings. The molecular weight excluding hydrogens is 126 g/mol. The summed E-state index contributed by atoms with van der Waals surface area (Å²) in [6.07, 6.45) is 0. The zero-order valence-corrected chi connectivity index (χ0v) is 6.19. The number of aromatic nitrogens is 1. The lowest BCUT2D eigenvalue weighted by molar-refractivity contribution is 1.10. The quantitative estimate of drug-likeness (QED) is 0.570. The van der Waals surface area contributed by atoms with Crippen molar-refractivity contribution in [1.29, 1.82) is 0 Å². The molecule has 0 unspecified atom stereocenters. The van der Waals surface area contributed by atoms with Crippen molar-refractivity contribution in [2.24, 2.45) is 0 Å². The summed E-state index contributed by atoms with van der Waals surface area (Å²) in [6.45, 7) is 7.35. The van der Waals surface area contributed by atoms with Crippen LogP contribution >= 0.6 is 0 Å². The Morgan fingerprint density at radius 3 is 2.60 bits per heavy atom. The second-order valence-electron chi connectivity index (χ2n) is 2.44. The highest BCUT2D eigenvalue weighted by atomic mass is 16.1. The largest absolute Gasteiger partial charge is 0.326 e. The van der Waals surface area contributed by atoms with Gasteiger partial charge in [-0.3, -0.25) is 4.79 Å². The highest BCUT2D eigenvalue weighted by molar-refractivity contribution is 5.26. The monoisotopic (exact) mass is 136 g/mol. The van der Waals surface area contributed by atoms with E-state index in [1.54, 1.807) is 0 Å². The maximum Gasteiger partial charge on any atom is 0.251 e. The van der Waals surface area contributed by atoms with Gasteiger partial charge in [0.15, 0.2) is 0 Å². The SMILES string of the molecule is [CH2]c1c(C)cc(C)[nH]c1=O. The lowest BCUT2D eigenvalue weighted by Gasteiger charge is -1.98. The van der Waals surface area contributed by atoms with E-state index >= 15 is 0 Å². The predicted molar refractivity (Wildman–Crippen MR) is 41.0 cm³/mol. The summed E-state index contributed by atoms with van der Waals surface area (Å²) in [6, 6.07) is 1.91. The van der Waals surface area contributed by atoms with Crippen molar-refractivity contribution in [2.45, 2.75) is 13.8 Å². The number of rotatable bonds is 0. The molecule has 0 atom stereocenters. The van der Waals surface area contributed by atoms with Gasteiger partial charge in [-0.2, -0.15) is 0 Å². The Kier molecular flexibility index (Phi) is 1.62. The fraction of sp³-hybridized carbons (Fsp3) is 0.250. The lowest BCUT2D eigenvalue weighted by atomic mass is 10.1. The molecule has 0 aliphatic heterocycles. The molecule has 0 aliphatic rings. The van der Waals surface area contributed by atoms with Gasteiger partial charge >= 0.3 is 0 Å². The molecule has 1 heterocycles. The summed E-state index contributed by atoms with van der Waals surface area (Å²) < 4.78 is 0. The average Bonchev–Trinajstić information content (AvgIpc) is 1.82. The van der Waals surface area contributed by atoms with Crippen LogP contribution < -0.4 is 5.56 Å². The topological polar surface area (TPSA) is 32.9 Å². The summed E-state index contributed by atoms with van der Waals surface area (Å²) in [5, 5.41) is 0. The maximum atomic E-state index is 10.9. The molecule has 1 N–H and O–H groups in total. The molecule has 0 saturated heterocycles. The molecule has 1 aromatic rings. The smallest absolute Gasteiger partial charge is 0.251 e. The van der Waals surface area contributed by atoms with Crippen LogP contribution in [0.1, 0.15) is 16.8 Å². The Morgan fingerprint density at radius 2 is 2.10 bits per heavy atom. The predicted octanol–water partition coefficient (Wildman–Crippen LogP) is 1.17. The molecule has 1 radical (unpaired) electrons. The molecule has 1 aromatic heterocycles. The van der Waals surface area contributed by atoms with Crippen molar-refractivity contribution in [3.8, 4) is 0 Å². The first-order chi connectivity index (χ1) is 4.61. The highest BCUT2D eigenvalue weighted by Crippen LogP contribution is 1.99. The molecule has 53 valence electrons. The van der Waals surface area contributed by atoms with Gasteiger partial charge in [0.1, 0.15) is 0 Å². The van der Waals surface area contributed by atoms with E-state index in [2.05, 4.69) is 11.9 Å². The average molecular weight is 136 g/mol. The van der Waals surface area contributed by atoms with Crippen molar-refractivity contribution in [1.82, 2.24) is 4.98 Å². The summed E-state index contributed by atoms with van der Waals surface area (Å²) in [5.74, 6) is 0. The number of H-pyrrole nitrogens is 1. The number of hydrogen-bond donors (Lipinski definition) is 1. The Hall–Kier alpha value is -1.05. The number of aromatic amines is 1. The molecule has 2 heteroatoms. The van der Waals surface area contributed by atoms with Crippen molar-refractivity contribution in [2.75, 3.05) is 0 Å². The molecule has 0 aromatic carbocycles. The van der Waals surface area contributed by atoms with Crippen molar-refractivity contribution in [3.63, 3.8) is 0 Å². The first-order valence-corrected chi connectivity index (χ1v) is 3.14. The summed E-state index contributed by atoms with van der Waals surface area (Å²) >= 11 is 0. The van der Waals surface area contributed by atoms with E-state index in [0.29, 0.717) is 5.56 Å². The molecular formula is C8H10NO. The third-order valence-corrected chi connectivity index (χ3v) is 1.49. The van der Waals surface area contributed by atoms with Gasteiger partial charge in [-0.15, -0.1) is 0 Å². The van der Waals surface area contributed by atoms with E-state index in [9.17, 15) is 4.79 Å². The van der Waals surface area contributed by atoms with Crippen molar-refractivity contribution in [3.05, 3.63) is 40.2 Å². The van der Waals surface area contributed by atoms with Crippen LogP contribution in [0.4, 0.5) is 0 Å². The Balaban J connectivity index is 3.46. The van der Waals surface area contributed by atoms with Gasteiger partial charge in [-0.25, -0.2) is 0 Å². The Morgan fingerprint density at radius 1 is 1.50 bits per heavy atom. The number of nitrogens with one attached hydrogen (secondary N) is 1. The van der Waals surface area contributed by atoms with E-state index in [0.717, 1.165) is 11.3 Å². The minimum atomic E-state index is -0.0856. The van der Waals surface area contributed by atoms with Gasteiger partial charge in [0.05, 0.1) is 0 Å². The minimum Gasteiger partial charge on any atom is -0.326 e. The zero-order chi connectivity index (χ0) is 7.72. The maximum absolute atomic E-state index is 10.9. The molecule has 1 rings (SSSR count). The number of hydrogen-bond acceptors (Lipinski definition) is 1. The summed E-state index contributed by atoms with van der Waals surface area (Å²) in [5.41, 5.74) is 2.30. The van der Waals surface area contributed by atoms with Gasteiger partial charge in [0.2, 0.25) is 0 Å². The Labute approximate surface area is 59.9 Å². The molecule has 10 heavy (non-hydrogen) atoms. The molecule has 2 nitrogen and oxygen atoms in total. The first kappa shape index (κ1) is 7.06. The van der Waals surface area contributed by atoms with Crippen LogP contribution in [0.25, 0.3) is 0 Å². The second kappa shape index (κ2) is 2.29. The normalized spacial score (nSPS) is 9.90. The third-order valence-electron chi connectivity index (χ3n) is 1.49. The fourth-order valence-electron chi connectivity index (χ4n) is 0.882. The standard InChI is InChI=1S/C8H10NO/c1-5-4-6(2)9-8(10)7(5)3/h4H,3H2,1-2H3,(H,9,10). The summed E-state index contributed by atoms with van der Waals surface area (Å²) in [7, 11) is 0. The third kappa shape index (κ3) is 1.10. The number of pyridine rings is 1.